The topological polar surface area (TPSA) is 47.3 Å². The largest absolute Gasteiger partial charge is 0.378 e. The third-order valence-electron chi connectivity index (χ3n) is 3.89. The number of anilines is 1. The van der Waals surface area contributed by atoms with Gasteiger partial charge in [-0.05, 0) is 43.0 Å². The van der Waals surface area contributed by atoms with Gasteiger partial charge in [0.15, 0.2) is 0 Å². The quantitative estimate of drug-likeness (QED) is 0.881. The molecule has 1 aromatic rings. The Kier molecular flexibility index (Phi) is 4.42. The highest BCUT2D eigenvalue weighted by molar-refractivity contribution is 5.46. The van der Waals surface area contributed by atoms with E-state index in [9.17, 15) is 4.39 Å². The number of hydrogen-bond acceptors (Lipinski definition) is 3. The summed E-state index contributed by atoms with van der Waals surface area (Å²) in [4.78, 5) is 0. The highest BCUT2D eigenvalue weighted by atomic mass is 19.1. The van der Waals surface area contributed by atoms with E-state index < -0.39 is 0 Å². The lowest BCUT2D eigenvalue weighted by molar-refractivity contribution is -0.0357. The molecule has 2 atom stereocenters. The zero-order valence-electron chi connectivity index (χ0n) is 11.7. The van der Waals surface area contributed by atoms with Gasteiger partial charge < -0.3 is 15.8 Å². The van der Waals surface area contributed by atoms with Gasteiger partial charge in [-0.1, -0.05) is 13.8 Å². The molecule has 0 amide bonds. The number of benzene rings is 1. The number of hydrogen-bond donors (Lipinski definition) is 2. The molecule has 0 aromatic heterocycles. The van der Waals surface area contributed by atoms with Crippen molar-refractivity contribution in [1.82, 2.24) is 0 Å². The van der Waals surface area contributed by atoms with Gasteiger partial charge in [0.05, 0.1) is 11.6 Å². The number of nitrogens with two attached hydrogens (primary N) is 1. The van der Waals surface area contributed by atoms with E-state index in [1.165, 1.54) is 12.1 Å². The third kappa shape index (κ3) is 3.45. The van der Waals surface area contributed by atoms with Gasteiger partial charge >= 0.3 is 0 Å². The predicted octanol–water partition coefficient (Wildman–Crippen LogP) is 2.77. The molecule has 3 N–H and O–H groups in total. The molecule has 3 nitrogen and oxygen atoms in total. The van der Waals surface area contributed by atoms with Crippen LogP contribution >= 0.6 is 0 Å². The molecular weight excluding hydrogens is 243 g/mol. The van der Waals surface area contributed by atoms with E-state index >= 15 is 0 Å². The zero-order valence-corrected chi connectivity index (χ0v) is 11.7. The maximum absolute atomic E-state index is 12.9. The molecule has 1 heterocycles. The zero-order chi connectivity index (χ0) is 13.9. The first kappa shape index (κ1) is 14.3. The van der Waals surface area contributed by atoms with Crippen LogP contribution in [0.25, 0.3) is 0 Å². The van der Waals surface area contributed by atoms with Crippen LogP contribution in [-0.2, 0) is 4.74 Å². The minimum Gasteiger partial charge on any atom is -0.378 e. The molecule has 19 heavy (non-hydrogen) atoms. The minimum atomic E-state index is -0.223. The maximum Gasteiger partial charge on any atom is 0.123 e. The second-order valence-corrected chi connectivity index (χ2v) is 5.72. The normalized spacial score (nSPS) is 27.5. The third-order valence-corrected chi connectivity index (χ3v) is 3.89. The first-order valence-corrected chi connectivity index (χ1v) is 6.90. The van der Waals surface area contributed by atoms with Gasteiger partial charge in [0.1, 0.15) is 5.82 Å². The van der Waals surface area contributed by atoms with Gasteiger partial charge in [-0.15, -0.1) is 0 Å². The highest BCUT2D eigenvalue weighted by Gasteiger charge is 2.37. The maximum atomic E-state index is 12.9. The summed E-state index contributed by atoms with van der Waals surface area (Å²) in [5.74, 6) is 0.251. The van der Waals surface area contributed by atoms with Crippen LogP contribution in [0.15, 0.2) is 24.3 Å². The van der Waals surface area contributed by atoms with Crippen molar-refractivity contribution in [3.05, 3.63) is 30.1 Å². The van der Waals surface area contributed by atoms with E-state index in [0.29, 0.717) is 19.1 Å². The summed E-state index contributed by atoms with van der Waals surface area (Å²) in [6.07, 6.45) is 1.99. The smallest absolute Gasteiger partial charge is 0.123 e. The second-order valence-electron chi connectivity index (χ2n) is 5.72. The molecule has 4 heteroatoms. The lowest BCUT2D eigenvalue weighted by Gasteiger charge is -2.42. The Bertz CT molecular complexity index is 407. The second kappa shape index (κ2) is 5.88. The van der Waals surface area contributed by atoms with Crippen LogP contribution in [-0.4, -0.2) is 24.8 Å². The van der Waals surface area contributed by atoms with Crippen LogP contribution in [0.4, 0.5) is 10.1 Å². The van der Waals surface area contributed by atoms with Crippen LogP contribution in [0.5, 0.6) is 0 Å². The number of halogens is 1. The predicted molar refractivity (Wildman–Crippen MR) is 75.6 cm³/mol. The van der Waals surface area contributed by atoms with Crippen molar-refractivity contribution in [2.24, 2.45) is 11.7 Å². The van der Waals surface area contributed by atoms with Gasteiger partial charge in [-0.2, -0.15) is 0 Å². The van der Waals surface area contributed by atoms with E-state index in [1.54, 1.807) is 12.1 Å². The molecule has 1 saturated heterocycles. The molecule has 1 aliphatic heterocycles. The first-order chi connectivity index (χ1) is 9.04. The summed E-state index contributed by atoms with van der Waals surface area (Å²) in [5.41, 5.74) is 6.75. The monoisotopic (exact) mass is 266 g/mol. The van der Waals surface area contributed by atoms with Gasteiger partial charge in [0.25, 0.3) is 0 Å². The summed E-state index contributed by atoms with van der Waals surface area (Å²) in [6, 6.07) is 6.44. The molecule has 0 aliphatic carbocycles. The van der Waals surface area contributed by atoms with E-state index in [0.717, 1.165) is 18.5 Å². The van der Waals surface area contributed by atoms with Crippen molar-refractivity contribution >= 4 is 5.69 Å². The van der Waals surface area contributed by atoms with E-state index in [4.69, 9.17) is 10.5 Å². The van der Waals surface area contributed by atoms with Gasteiger partial charge in [0.2, 0.25) is 0 Å². The molecular formula is C15H23FN2O. The molecule has 0 bridgehead atoms. The van der Waals surface area contributed by atoms with Crippen LogP contribution in [0.1, 0.15) is 26.7 Å². The Balaban J connectivity index is 2.11. The Morgan fingerprint density at radius 3 is 2.68 bits per heavy atom. The van der Waals surface area contributed by atoms with Crippen molar-refractivity contribution < 1.29 is 9.13 Å². The number of rotatable bonds is 4. The Hall–Kier alpha value is -1.13. The first-order valence-electron chi connectivity index (χ1n) is 6.90. The molecule has 106 valence electrons. The molecule has 0 saturated carbocycles. The summed E-state index contributed by atoms with van der Waals surface area (Å²) in [5, 5.41) is 3.48. The van der Waals surface area contributed by atoms with E-state index in [1.807, 2.05) is 0 Å². The lowest BCUT2D eigenvalue weighted by Crippen LogP contribution is -2.53. The molecule has 2 rings (SSSR count). The minimum absolute atomic E-state index is 0.148. The fourth-order valence-corrected chi connectivity index (χ4v) is 2.57. The average Bonchev–Trinajstić information content (AvgIpc) is 2.42. The number of nitrogens with one attached hydrogen (secondary N) is 1. The van der Waals surface area contributed by atoms with Crippen molar-refractivity contribution in [3.8, 4) is 0 Å². The fraction of sp³-hybridized carbons (Fsp3) is 0.600. The molecule has 1 aliphatic rings. The molecule has 2 unspecified atom stereocenters. The van der Waals surface area contributed by atoms with Crippen molar-refractivity contribution in [2.75, 3.05) is 18.5 Å². The fourth-order valence-electron chi connectivity index (χ4n) is 2.57. The van der Waals surface area contributed by atoms with E-state index in [2.05, 4.69) is 19.2 Å². The summed E-state index contributed by atoms with van der Waals surface area (Å²) >= 11 is 0. The summed E-state index contributed by atoms with van der Waals surface area (Å²) < 4.78 is 18.7. The highest BCUT2D eigenvalue weighted by Crippen LogP contribution is 2.31. The molecule has 1 fully saturated rings. The average molecular weight is 266 g/mol. The summed E-state index contributed by atoms with van der Waals surface area (Å²) in [7, 11) is 0. The van der Waals surface area contributed by atoms with Crippen LogP contribution in [0.2, 0.25) is 0 Å². The molecule has 0 spiro atoms. The molecule has 0 radical (unpaired) electrons. The van der Waals surface area contributed by atoms with Crippen LogP contribution in [0, 0.1) is 11.7 Å². The molecule has 1 aromatic carbocycles. The van der Waals surface area contributed by atoms with Crippen molar-refractivity contribution in [3.63, 3.8) is 0 Å². The SMILES string of the molecule is CC(C)C1CC(CN)(Nc2ccc(F)cc2)CCO1. The van der Waals surface area contributed by atoms with Gasteiger partial charge in [-0.25, -0.2) is 4.39 Å². The van der Waals surface area contributed by atoms with E-state index in [-0.39, 0.29) is 17.5 Å². The van der Waals surface area contributed by atoms with Gasteiger partial charge in [0, 0.05) is 18.8 Å². The Morgan fingerprint density at radius 1 is 1.42 bits per heavy atom. The van der Waals surface area contributed by atoms with Gasteiger partial charge in [-0.3, -0.25) is 0 Å². The number of ether oxygens (including phenoxy) is 1. The van der Waals surface area contributed by atoms with Crippen molar-refractivity contribution in [1.29, 1.82) is 0 Å². The van der Waals surface area contributed by atoms with Crippen molar-refractivity contribution in [2.45, 2.75) is 38.3 Å². The lowest BCUT2D eigenvalue weighted by atomic mass is 9.83. The summed E-state index contributed by atoms with van der Waals surface area (Å²) in [6.45, 7) is 5.59. The Labute approximate surface area is 114 Å². The van der Waals surface area contributed by atoms with Crippen LogP contribution in [0.3, 0.4) is 0 Å². The Morgan fingerprint density at radius 2 is 2.11 bits per heavy atom. The standard InChI is InChI=1S/C15H23FN2O/c1-11(2)14-9-15(10-17,7-8-19-14)18-13-5-3-12(16)4-6-13/h3-6,11,14,18H,7-10,17H2,1-2H3. The van der Waals surface area contributed by atoms with Crippen LogP contribution < -0.4 is 11.1 Å².